The number of hydrogen-bond donors (Lipinski definition) is 2. The van der Waals surface area contributed by atoms with Crippen LogP contribution in [-0.4, -0.2) is 17.4 Å². The van der Waals surface area contributed by atoms with Crippen molar-refractivity contribution in [3.63, 3.8) is 0 Å². The van der Waals surface area contributed by atoms with Gasteiger partial charge in [-0.15, -0.1) is 0 Å². The maximum absolute atomic E-state index is 12.4. The summed E-state index contributed by atoms with van der Waals surface area (Å²) in [4.78, 5) is 9.96. The summed E-state index contributed by atoms with van der Waals surface area (Å²) in [5, 5.41) is 11.5. The number of rotatable bonds is 2. The summed E-state index contributed by atoms with van der Waals surface area (Å²) < 4.78 is 12.4. The van der Waals surface area contributed by atoms with E-state index in [0.717, 1.165) is 0 Å². The molecule has 2 N–H and O–H groups in total. The van der Waals surface area contributed by atoms with E-state index in [9.17, 15) is 9.18 Å². The molecule has 0 saturated carbocycles. The molecule has 0 saturated heterocycles. The van der Waals surface area contributed by atoms with Gasteiger partial charge in [0.1, 0.15) is 5.82 Å². The van der Waals surface area contributed by atoms with Crippen molar-refractivity contribution < 1.29 is 14.3 Å². The molecule has 0 spiro atoms. The van der Waals surface area contributed by atoms with Crippen LogP contribution in [0.1, 0.15) is 5.56 Å². The van der Waals surface area contributed by atoms with Gasteiger partial charge in [-0.1, -0.05) is 12.1 Å². The van der Waals surface area contributed by atoms with E-state index in [0.29, 0.717) is 5.56 Å². The lowest BCUT2D eigenvalue weighted by atomic mass is 10.2. The highest BCUT2D eigenvalue weighted by atomic mass is 19.1. The predicted octanol–water partition coefficient (Wildman–Crippen LogP) is 1.43. The van der Waals surface area contributed by atoms with Gasteiger partial charge in [-0.05, 0) is 17.7 Å². The van der Waals surface area contributed by atoms with Gasteiger partial charge in [-0.25, -0.2) is 14.6 Å². The smallest absolute Gasteiger partial charge is 0.425 e. The van der Waals surface area contributed by atoms with Gasteiger partial charge >= 0.3 is 6.09 Å². The van der Waals surface area contributed by atoms with Gasteiger partial charge in [-0.2, -0.15) is 5.10 Å². The minimum Gasteiger partial charge on any atom is -0.464 e. The van der Waals surface area contributed by atoms with Crippen LogP contribution >= 0.6 is 0 Å². The zero-order chi connectivity index (χ0) is 9.68. The lowest BCUT2D eigenvalue weighted by Gasteiger charge is -1.92. The van der Waals surface area contributed by atoms with Crippen LogP contribution in [0.25, 0.3) is 0 Å². The van der Waals surface area contributed by atoms with Crippen molar-refractivity contribution in [3.05, 3.63) is 35.6 Å². The Kier molecular flexibility index (Phi) is 2.97. The largest absolute Gasteiger partial charge is 0.464 e. The molecule has 5 heteroatoms. The van der Waals surface area contributed by atoms with Crippen molar-refractivity contribution in [3.8, 4) is 0 Å². The normalized spacial score (nSPS) is 10.2. The molecule has 4 nitrogen and oxygen atoms in total. The van der Waals surface area contributed by atoms with E-state index in [1.54, 1.807) is 5.43 Å². The summed E-state index contributed by atoms with van der Waals surface area (Å²) in [6, 6.07) is 5.51. The molecular weight excluding hydrogens is 175 g/mol. The molecular formula is C8H7FN2O2. The third-order valence-corrected chi connectivity index (χ3v) is 1.24. The van der Waals surface area contributed by atoms with Crippen molar-refractivity contribution in [2.75, 3.05) is 0 Å². The molecule has 0 fully saturated rings. The predicted molar refractivity (Wildman–Crippen MR) is 45.2 cm³/mol. The van der Waals surface area contributed by atoms with Gasteiger partial charge in [0.15, 0.2) is 0 Å². The first-order chi connectivity index (χ1) is 6.18. The lowest BCUT2D eigenvalue weighted by molar-refractivity contribution is 0.195. The van der Waals surface area contributed by atoms with Crippen LogP contribution in [0.15, 0.2) is 29.4 Å². The monoisotopic (exact) mass is 182 g/mol. The van der Waals surface area contributed by atoms with Crippen molar-refractivity contribution in [1.29, 1.82) is 0 Å². The SMILES string of the molecule is O=C(O)NN=Cc1ccc(F)cc1. The van der Waals surface area contributed by atoms with Gasteiger partial charge in [0.25, 0.3) is 0 Å². The first-order valence-electron chi connectivity index (χ1n) is 3.46. The van der Waals surface area contributed by atoms with Gasteiger partial charge in [0.2, 0.25) is 0 Å². The van der Waals surface area contributed by atoms with Crippen molar-refractivity contribution in [1.82, 2.24) is 5.43 Å². The quantitative estimate of drug-likeness (QED) is 0.536. The third-order valence-electron chi connectivity index (χ3n) is 1.24. The Morgan fingerprint density at radius 2 is 2.08 bits per heavy atom. The van der Waals surface area contributed by atoms with E-state index in [2.05, 4.69) is 5.10 Å². The molecule has 0 bridgehead atoms. The second-order valence-electron chi connectivity index (χ2n) is 2.23. The van der Waals surface area contributed by atoms with E-state index < -0.39 is 6.09 Å². The number of benzene rings is 1. The number of halogens is 1. The van der Waals surface area contributed by atoms with Crippen molar-refractivity contribution in [2.45, 2.75) is 0 Å². The molecule has 13 heavy (non-hydrogen) atoms. The van der Waals surface area contributed by atoms with Crippen molar-refractivity contribution in [2.24, 2.45) is 5.10 Å². The molecule has 1 amide bonds. The summed E-state index contributed by atoms with van der Waals surface area (Å²) in [5.74, 6) is -0.344. The van der Waals surface area contributed by atoms with Crippen LogP contribution in [0.4, 0.5) is 9.18 Å². The highest BCUT2D eigenvalue weighted by Crippen LogP contribution is 1.99. The van der Waals surface area contributed by atoms with Gasteiger partial charge in [0.05, 0.1) is 6.21 Å². The molecule has 0 atom stereocenters. The summed E-state index contributed by atoms with van der Waals surface area (Å²) >= 11 is 0. The van der Waals surface area contributed by atoms with Crippen LogP contribution in [0.3, 0.4) is 0 Å². The van der Waals surface area contributed by atoms with E-state index in [4.69, 9.17) is 5.11 Å². The Morgan fingerprint density at radius 3 is 2.62 bits per heavy atom. The number of hydrazone groups is 1. The Labute approximate surface area is 73.7 Å². The number of amides is 1. The van der Waals surface area contributed by atoms with Crippen molar-refractivity contribution >= 4 is 12.3 Å². The topological polar surface area (TPSA) is 61.7 Å². The number of nitrogens with zero attached hydrogens (tertiary/aromatic N) is 1. The number of hydrogen-bond acceptors (Lipinski definition) is 2. The van der Waals surface area contributed by atoms with Crippen LogP contribution in [-0.2, 0) is 0 Å². The molecule has 68 valence electrons. The molecule has 1 aromatic carbocycles. The Hall–Kier alpha value is -1.91. The van der Waals surface area contributed by atoms with Crippen LogP contribution in [0.5, 0.6) is 0 Å². The van der Waals surface area contributed by atoms with E-state index >= 15 is 0 Å². The molecule has 0 heterocycles. The number of carboxylic acid groups (broad SMARTS) is 1. The highest BCUT2D eigenvalue weighted by molar-refractivity contribution is 5.80. The van der Waals surface area contributed by atoms with Gasteiger partial charge in [-0.3, -0.25) is 0 Å². The average Bonchev–Trinajstić information content (AvgIpc) is 2.08. The fraction of sp³-hybridized carbons (Fsp3) is 0. The first-order valence-corrected chi connectivity index (χ1v) is 3.46. The summed E-state index contributed by atoms with van der Waals surface area (Å²) in [5.41, 5.74) is 2.42. The Bertz CT molecular complexity index is 321. The molecule has 1 rings (SSSR count). The fourth-order valence-electron chi connectivity index (χ4n) is 0.711. The molecule has 0 aliphatic rings. The molecule has 0 radical (unpaired) electrons. The zero-order valence-electron chi connectivity index (χ0n) is 6.57. The second kappa shape index (κ2) is 4.20. The maximum atomic E-state index is 12.4. The standard InChI is InChI=1S/C8H7FN2O2/c9-7-3-1-6(2-4-7)5-10-11-8(12)13/h1-5,11H,(H,12,13). The summed E-state index contributed by atoms with van der Waals surface area (Å²) in [6.45, 7) is 0. The summed E-state index contributed by atoms with van der Waals surface area (Å²) in [6.07, 6.45) is 0.0476. The molecule has 0 aliphatic heterocycles. The third kappa shape index (κ3) is 3.33. The van der Waals surface area contributed by atoms with E-state index in [1.165, 1.54) is 30.5 Å². The molecule has 0 aliphatic carbocycles. The van der Waals surface area contributed by atoms with E-state index in [1.807, 2.05) is 0 Å². The van der Waals surface area contributed by atoms with E-state index in [-0.39, 0.29) is 5.82 Å². The van der Waals surface area contributed by atoms with Crippen LogP contribution < -0.4 is 5.43 Å². The maximum Gasteiger partial charge on any atom is 0.425 e. The highest BCUT2D eigenvalue weighted by Gasteiger charge is 1.90. The summed E-state index contributed by atoms with van der Waals surface area (Å²) in [7, 11) is 0. The molecule has 0 unspecified atom stereocenters. The average molecular weight is 182 g/mol. The molecule has 0 aromatic heterocycles. The minimum atomic E-state index is -1.24. The van der Waals surface area contributed by atoms with Crippen LogP contribution in [0.2, 0.25) is 0 Å². The molecule has 1 aromatic rings. The lowest BCUT2D eigenvalue weighted by Crippen LogP contribution is -2.13. The first kappa shape index (κ1) is 9.18. The fourth-order valence-corrected chi connectivity index (χ4v) is 0.711. The van der Waals surface area contributed by atoms with Gasteiger partial charge in [0, 0.05) is 0 Å². The zero-order valence-corrected chi connectivity index (χ0v) is 6.57. The number of nitrogens with one attached hydrogen (secondary N) is 1. The minimum absolute atomic E-state index is 0.344. The van der Waals surface area contributed by atoms with Gasteiger partial charge < -0.3 is 5.11 Å². The Morgan fingerprint density at radius 1 is 1.46 bits per heavy atom. The van der Waals surface area contributed by atoms with Crippen LogP contribution in [0, 0.1) is 5.82 Å². The second-order valence-corrected chi connectivity index (χ2v) is 2.23. The number of carbonyl (C=O) groups is 1. The Balaban J connectivity index is 2.59.